The Bertz CT molecular complexity index is 1150. The molecule has 31 heavy (non-hydrogen) atoms. The summed E-state index contributed by atoms with van der Waals surface area (Å²) in [6.07, 6.45) is 0.0806. The van der Waals surface area contributed by atoms with Crippen LogP contribution in [0, 0.1) is 0 Å². The molecule has 1 aliphatic rings. The van der Waals surface area contributed by atoms with E-state index in [4.69, 9.17) is 21.1 Å². The second kappa shape index (κ2) is 8.94. The van der Waals surface area contributed by atoms with E-state index in [1.54, 1.807) is 6.92 Å². The fourth-order valence-electron chi connectivity index (χ4n) is 3.03. The maximum absolute atomic E-state index is 12.9. The van der Waals surface area contributed by atoms with Gasteiger partial charge < -0.3 is 9.47 Å². The molecule has 0 aromatic heterocycles. The number of benzene rings is 2. The second-order valence-electron chi connectivity index (χ2n) is 6.48. The predicted octanol–water partition coefficient (Wildman–Crippen LogP) is 2.98. The highest BCUT2D eigenvalue weighted by molar-refractivity contribution is 7.92. The lowest BCUT2D eigenvalue weighted by Gasteiger charge is -2.19. The highest BCUT2D eigenvalue weighted by Gasteiger charge is 2.33. The minimum atomic E-state index is -4.14. The van der Waals surface area contributed by atoms with E-state index in [0.717, 1.165) is 4.90 Å². The number of hydrogen-bond donors (Lipinski definition) is 1. The molecule has 1 saturated heterocycles. The molecule has 0 radical (unpaired) electrons. The van der Waals surface area contributed by atoms with Gasteiger partial charge in [-0.05, 0) is 43.3 Å². The van der Waals surface area contributed by atoms with Crippen molar-refractivity contribution in [3.8, 4) is 5.75 Å². The average molecular weight is 467 g/mol. The van der Waals surface area contributed by atoms with Crippen LogP contribution in [-0.4, -0.2) is 39.9 Å². The summed E-state index contributed by atoms with van der Waals surface area (Å²) < 4.78 is 38.3. The van der Waals surface area contributed by atoms with E-state index in [0.29, 0.717) is 0 Å². The first-order chi connectivity index (χ1) is 14.7. The first-order valence-electron chi connectivity index (χ1n) is 9.21. The average Bonchev–Trinajstić information content (AvgIpc) is 3.06. The van der Waals surface area contributed by atoms with Gasteiger partial charge in [0.05, 0.1) is 34.9 Å². The highest BCUT2D eigenvalue weighted by atomic mass is 35.5. The number of amides is 2. The molecule has 2 aromatic carbocycles. The van der Waals surface area contributed by atoms with E-state index in [9.17, 15) is 22.8 Å². The summed E-state index contributed by atoms with van der Waals surface area (Å²) in [4.78, 5) is 37.0. The van der Waals surface area contributed by atoms with E-state index in [1.807, 2.05) is 0 Å². The molecule has 2 amide bonds. The minimum absolute atomic E-state index is 0.00685. The molecular weight excluding hydrogens is 448 g/mol. The number of halogens is 1. The maximum atomic E-state index is 12.9. The van der Waals surface area contributed by atoms with Gasteiger partial charge in [0.1, 0.15) is 5.75 Å². The summed E-state index contributed by atoms with van der Waals surface area (Å²) in [5.41, 5.74) is 0.131. The lowest BCUT2D eigenvalue weighted by atomic mass is 10.2. The number of methoxy groups -OCH3 is 1. The van der Waals surface area contributed by atoms with Crippen LogP contribution in [0.1, 0.15) is 30.1 Å². The topological polar surface area (TPSA) is 119 Å². The summed E-state index contributed by atoms with van der Waals surface area (Å²) >= 11 is 6.01. The van der Waals surface area contributed by atoms with Crippen LogP contribution in [0.15, 0.2) is 41.3 Å². The van der Waals surface area contributed by atoms with Crippen LogP contribution in [0.5, 0.6) is 5.75 Å². The van der Waals surface area contributed by atoms with Gasteiger partial charge in [-0.1, -0.05) is 11.6 Å². The molecule has 0 bridgehead atoms. The molecule has 1 fully saturated rings. The number of imide groups is 1. The number of nitrogens with zero attached hydrogens (tertiary/aromatic N) is 1. The summed E-state index contributed by atoms with van der Waals surface area (Å²) in [5, 5.41) is 0.110. The van der Waals surface area contributed by atoms with Gasteiger partial charge in [-0.3, -0.25) is 14.3 Å². The summed E-state index contributed by atoms with van der Waals surface area (Å²) in [5.74, 6) is -1.39. The van der Waals surface area contributed by atoms with Crippen molar-refractivity contribution in [3.05, 3.63) is 47.0 Å². The van der Waals surface area contributed by atoms with Crippen molar-refractivity contribution in [1.82, 2.24) is 0 Å². The van der Waals surface area contributed by atoms with Crippen LogP contribution < -0.4 is 14.4 Å². The Kier molecular flexibility index (Phi) is 6.51. The number of esters is 1. The molecule has 1 heterocycles. The van der Waals surface area contributed by atoms with Gasteiger partial charge >= 0.3 is 5.97 Å². The summed E-state index contributed by atoms with van der Waals surface area (Å²) in [6.45, 7) is 1.77. The van der Waals surface area contributed by atoms with Crippen molar-refractivity contribution >= 4 is 50.8 Å². The molecule has 9 nitrogen and oxygen atoms in total. The van der Waals surface area contributed by atoms with Gasteiger partial charge in [0.25, 0.3) is 10.0 Å². The first kappa shape index (κ1) is 22.6. The third kappa shape index (κ3) is 4.64. The van der Waals surface area contributed by atoms with Gasteiger partial charge in [0, 0.05) is 18.5 Å². The van der Waals surface area contributed by atoms with E-state index >= 15 is 0 Å². The van der Waals surface area contributed by atoms with Crippen LogP contribution in [0.4, 0.5) is 11.4 Å². The maximum Gasteiger partial charge on any atom is 0.339 e. The van der Waals surface area contributed by atoms with Gasteiger partial charge in [0.2, 0.25) is 11.8 Å². The zero-order valence-electron chi connectivity index (χ0n) is 16.7. The van der Waals surface area contributed by atoms with E-state index in [-0.39, 0.29) is 52.1 Å². The lowest BCUT2D eigenvalue weighted by Crippen LogP contribution is -2.29. The van der Waals surface area contributed by atoms with Crippen LogP contribution in [-0.2, 0) is 24.3 Å². The Labute approximate surface area is 183 Å². The largest absolute Gasteiger partial charge is 0.495 e. The summed E-state index contributed by atoms with van der Waals surface area (Å²) in [7, 11) is -2.79. The first-order valence-corrected chi connectivity index (χ1v) is 11.1. The molecule has 11 heteroatoms. The van der Waals surface area contributed by atoms with Crippen molar-refractivity contribution in [3.63, 3.8) is 0 Å². The molecular formula is C20H19ClN2O7S. The Morgan fingerprint density at radius 1 is 1.13 bits per heavy atom. The van der Waals surface area contributed by atoms with Gasteiger partial charge in [-0.2, -0.15) is 0 Å². The summed E-state index contributed by atoms with van der Waals surface area (Å²) in [6, 6.07) is 7.83. The smallest absolute Gasteiger partial charge is 0.339 e. The van der Waals surface area contributed by atoms with Crippen molar-refractivity contribution in [2.45, 2.75) is 24.7 Å². The zero-order chi connectivity index (χ0) is 22.8. The Morgan fingerprint density at radius 3 is 2.42 bits per heavy atom. The molecule has 0 saturated carbocycles. The molecule has 0 atom stereocenters. The monoisotopic (exact) mass is 466 g/mol. The molecule has 164 valence electrons. The number of carbonyl (C=O) groups is 3. The lowest BCUT2D eigenvalue weighted by molar-refractivity contribution is -0.121. The van der Waals surface area contributed by atoms with Crippen molar-refractivity contribution in [1.29, 1.82) is 0 Å². The molecule has 1 N–H and O–H groups in total. The van der Waals surface area contributed by atoms with E-state index < -0.39 is 27.8 Å². The standard InChI is InChI=1S/C20H19ClN2O7S/c1-3-30-20(26)14-10-12(4-6-15(14)21)22-31(27,28)13-5-7-17(29-2)16(11-13)23-18(24)8-9-19(23)25/h4-7,10-11,22H,3,8-9H2,1-2H3. The Hall–Kier alpha value is -3.11. The molecule has 1 aliphatic heterocycles. The van der Waals surface area contributed by atoms with Crippen molar-refractivity contribution < 1.29 is 32.3 Å². The number of carbonyl (C=O) groups excluding carboxylic acids is 3. The van der Waals surface area contributed by atoms with Crippen LogP contribution in [0.2, 0.25) is 5.02 Å². The number of sulfonamides is 1. The Balaban J connectivity index is 1.97. The molecule has 2 aromatic rings. The third-order valence-electron chi connectivity index (χ3n) is 4.47. The molecule has 0 aliphatic carbocycles. The SMILES string of the molecule is CCOC(=O)c1cc(NS(=O)(=O)c2ccc(OC)c(N3C(=O)CCC3=O)c2)ccc1Cl. The molecule has 3 rings (SSSR count). The van der Waals surface area contributed by atoms with Crippen LogP contribution in [0.3, 0.4) is 0 Å². The van der Waals surface area contributed by atoms with Gasteiger partial charge in [0.15, 0.2) is 0 Å². The number of hydrogen-bond acceptors (Lipinski definition) is 7. The molecule has 0 spiro atoms. The van der Waals surface area contributed by atoms with Crippen LogP contribution in [0.25, 0.3) is 0 Å². The van der Waals surface area contributed by atoms with Crippen LogP contribution >= 0.6 is 11.6 Å². The fraction of sp³-hybridized carbons (Fsp3) is 0.250. The number of ether oxygens (including phenoxy) is 2. The van der Waals surface area contributed by atoms with E-state index in [2.05, 4.69) is 4.72 Å². The predicted molar refractivity (Wildman–Crippen MR) is 113 cm³/mol. The van der Waals surface area contributed by atoms with Crippen molar-refractivity contribution in [2.24, 2.45) is 0 Å². The Morgan fingerprint density at radius 2 is 1.81 bits per heavy atom. The zero-order valence-corrected chi connectivity index (χ0v) is 18.2. The quantitative estimate of drug-likeness (QED) is 0.492. The van der Waals surface area contributed by atoms with Gasteiger partial charge in [-0.15, -0.1) is 0 Å². The van der Waals surface area contributed by atoms with Gasteiger partial charge in [-0.25, -0.2) is 18.1 Å². The number of nitrogens with one attached hydrogen (secondary N) is 1. The highest BCUT2D eigenvalue weighted by Crippen LogP contribution is 2.35. The van der Waals surface area contributed by atoms with Crippen molar-refractivity contribution in [2.75, 3.05) is 23.3 Å². The normalized spacial score (nSPS) is 14.0. The second-order valence-corrected chi connectivity index (χ2v) is 8.57. The number of rotatable bonds is 7. The molecule has 0 unspecified atom stereocenters. The number of anilines is 2. The van der Waals surface area contributed by atoms with E-state index in [1.165, 1.54) is 43.5 Å². The fourth-order valence-corrected chi connectivity index (χ4v) is 4.29. The minimum Gasteiger partial charge on any atom is -0.495 e. The third-order valence-corrected chi connectivity index (χ3v) is 6.18.